The molecule has 1 N–H and O–H groups in total. The largest absolute Gasteiger partial charge is 0.277 e. The molecule has 2 rings (SSSR count). The molecule has 6 nitrogen and oxygen atoms in total. The zero-order chi connectivity index (χ0) is 12.5. The van der Waals surface area contributed by atoms with E-state index in [4.69, 9.17) is 0 Å². The second-order valence-corrected chi connectivity index (χ2v) is 5.27. The standard InChI is InChI=1S/C10H11N3O3S/c1-17(15,16)12-9-7-10(14)13(11-9)8-5-3-2-4-6-8/h2-6H,7H2,1H3,(H,11,12). The number of hydrogen-bond acceptors (Lipinski definition) is 3. The Balaban J connectivity index is 2.25. The lowest BCUT2D eigenvalue weighted by molar-refractivity contribution is -0.116. The normalized spacial score (nSPS) is 18.5. The lowest BCUT2D eigenvalue weighted by Crippen LogP contribution is -2.36. The van der Waals surface area contributed by atoms with Crippen molar-refractivity contribution in [3.8, 4) is 0 Å². The third-order valence-electron chi connectivity index (χ3n) is 2.10. The second-order valence-electron chi connectivity index (χ2n) is 3.62. The number of nitrogens with one attached hydrogen (secondary N) is 1. The van der Waals surface area contributed by atoms with Crippen LogP contribution in [0.2, 0.25) is 0 Å². The molecule has 0 saturated carbocycles. The van der Waals surface area contributed by atoms with Gasteiger partial charge in [0.1, 0.15) is 5.84 Å². The van der Waals surface area contributed by atoms with Crippen LogP contribution in [0, 0.1) is 0 Å². The van der Waals surface area contributed by atoms with E-state index < -0.39 is 10.0 Å². The number of amides is 1. The van der Waals surface area contributed by atoms with Crippen molar-refractivity contribution in [2.24, 2.45) is 4.40 Å². The fourth-order valence-corrected chi connectivity index (χ4v) is 2.00. The molecule has 1 aliphatic rings. The van der Waals surface area contributed by atoms with E-state index in [2.05, 4.69) is 9.82 Å². The summed E-state index contributed by atoms with van der Waals surface area (Å²) < 4.78 is 25.4. The van der Waals surface area contributed by atoms with Crippen LogP contribution in [0.4, 0.5) is 5.69 Å². The highest BCUT2D eigenvalue weighted by Gasteiger charge is 2.27. The highest BCUT2D eigenvalue weighted by atomic mass is 32.2. The molecule has 1 amide bonds. The molecule has 1 saturated heterocycles. The number of hydrazine groups is 1. The Hall–Kier alpha value is -1.89. The molecule has 0 atom stereocenters. The van der Waals surface area contributed by atoms with Crippen LogP contribution in [-0.4, -0.2) is 26.4 Å². The Kier molecular flexibility index (Phi) is 2.84. The van der Waals surface area contributed by atoms with Crippen molar-refractivity contribution < 1.29 is 13.2 Å². The zero-order valence-electron chi connectivity index (χ0n) is 9.12. The first-order chi connectivity index (χ1) is 7.96. The molecule has 90 valence electrons. The molecule has 7 heteroatoms. The van der Waals surface area contributed by atoms with Gasteiger partial charge in [-0.25, -0.2) is 13.4 Å². The van der Waals surface area contributed by atoms with Crippen molar-refractivity contribution in [2.45, 2.75) is 6.42 Å². The van der Waals surface area contributed by atoms with E-state index in [0.29, 0.717) is 5.69 Å². The van der Waals surface area contributed by atoms with E-state index in [9.17, 15) is 13.2 Å². The number of sulfonamides is 1. The number of benzene rings is 1. The van der Waals surface area contributed by atoms with Gasteiger partial charge in [0.25, 0.3) is 15.9 Å². The minimum atomic E-state index is -3.49. The van der Waals surface area contributed by atoms with Crippen molar-refractivity contribution >= 4 is 27.5 Å². The fraction of sp³-hybridized carbons (Fsp3) is 0.200. The Labute approximate surface area is 99.0 Å². The van der Waals surface area contributed by atoms with Crippen LogP contribution in [0.3, 0.4) is 0 Å². The van der Waals surface area contributed by atoms with Crippen molar-refractivity contribution in [1.29, 1.82) is 0 Å². The van der Waals surface area contributed by atoms with E-state index in [1.807, 2.05) is 6.07 Å². The van der Waals surface area contributed by atoms with Crippen LogP contribution in [0.1, 0.15) is 6.42 Å². The Bertz CT molecular complexity index is 566. The highest BCUT2D eigenvalue weighted by molar-refractivity contribution is 7.89. The van der Waals surface area contributed by atoms with Gasteiger partial charge in [-0.15, -0.1) is 4.40 Å². The van der Waals surface area contributed by atoms with Gasteiger partial charge in [-0.1, -0.05) is 18.2 Å². The maximum absolute atomic E-state index is 11.7. The molecular weight excluding hydrogens is 242 g/mol. The topological polar surface area (TPSA) is 78.8 Å². The first-order valence-corrected chi connectivity index (χ1v) is 6.74. The maximum Gasteiger partial charge on any atom is 0.253 e. The lowest BCUT2D eigenvalue weighted by Gasteiger charge is -2.15. The van der Waals surface area contributed by atoms with Gasteiger partial charge in [-0.3, -0.25) is 10.2 Å². The first kappa shape index (κ1) is 11.6. The van der Waals surface area contributed by atoms with Gasteiger partial charge in [-0.05, 0) is 12.1 Å². The SMILES string of the molecule is CS(=O)(=O)/N=C1/CC(=O)N(c2ccccc2)N1. The summed E-state index contributed by atoms with van der Waals surface area (Å²) >= 11 is 0. The summed E-state index contributed by atoms with van der Waals surface area (Å²) in [4.78, 5) is 11.7. The second kappa shape index (κ2) is 4.17. The monoisotopic (exact) mass is 253 g/mol. The fourth-order valence-electron chi connectivity index (χ4n) is 1.49. The molecule has 0 bridgehead atoms. The quantitative estimate of drug-likeness (QED) is 0.821. The summed E-state index contributed by atoms with van der Waals surface area (Å²) in [6.07, 6.45) is 0.944. The van der Waals surface area contributed by atoms with Crippen LogP contribution in [0.25, 0.3) is 0 Å². The Morgan fingerprint density at radius 2 is 1.94 bits per heavy atom. The predicted molar refractivity (Wildman–Crippen MR) is 64.0 cm³/mol. The molecule has 17 heavy (non-hydrogen) atoms. The number of para-hydroxylation sites is 1. The van der Waals surface area contributed by atoms with Crippen LogP contribution in [0.5, 0.6) is 0 Å². The van der Waals surface area contributed by atoms with E-state index in [-0.39, 0.29) is 18.2 Å². The molecule has 0 unspecified atom stereocenters. The van der Waals surface area contributed by atoms with Crippen LogP contribution < -0.4 is 10.4 Å². The van der Waals surface area contributed by atoms with Crippen molar-refractivity contribution in [3.63, 3.8) is 0 Å². The number of nitrogens with zero attached hydrogens (tertiary/aromatic N) is 2. The van der Waals surface area contributed by atoms with E-state index in [1.54, 1.807) is 24.3 Å². The van der Waals surface area contributed by atoms with E-state index >= 15 is 0 Å². The van der Waals surface area contributed by atoms with Gasteiger partial charge in [0.2, 0.25) is 0 Å². The van der Waals surface area contributed by atoms with Crippen LogP contribution in [0.15, 0.2) is 34.7 Å². The summed E-state index contributed by atoms with van der Waals surface area (Å²) in [5.74, 6) is -0.0973. The van der Waals surface area contributed by atoms with Gasteiger partial charge in [0.15, 0.2) is 0 Å². The minimum absolute atomic E-state index is 0.0397. The number of carbonyl (C=O) groups excluding carboxylic acids is 1. The van der Waals surface area contributed by atoms with Gasteiger partial charge in [0.05, 0.1) is 18.4 Å². The van der Waals surface area contributed by atoms with Gasteiger partial charge in [-0.2, -0.15) is 0 Å². The van der Waals surface area contributed by atoms with Gasteiger partial charge < -0.3 is 0 Å². The molecular formula is C10H11N3O3S. The maximum atomic E-state index is 11.7. The summed E-state index contributed by atoms with van der Waals surface area (Å²) in [6, 6.07) is 8.89. The van der Waals surface area contributed by atoms with Gasteiger partial charge in [0, 0.05) is 0 Å². The number of rotatable bonds is 2. The number of amidine groups is 1. The molecule has 1 aliphatic heterocycles. The summed E-state index contributed by atoms with van der Waals surface area (Å²) in [7, 11) is -3.49. The van der Waals surface area contributed by atoms with Gasteiger partial charge >= 0.3 is 0 Å². The number of anilines is 1. The Morgan fingerprint density at radius 1 is 1.29 bits per heavy atom. The number of hydrogen-bond donors (Lipinski definition) is 1. The Morgan fingerprint density at radius 3 is 2.53 bits per heavy atom. The average molecular weight is 253 g/mol. The zero-order valence-corrected chi connectivity index (χ0v) is 9.94. The van der Waals surface area contributed by atoms with E-state index in [0.717, 1.165) is 6.26 Å². The third kappa shape index (κ3) is 2.82. The molecule has 1 aromatic rings. The third-order valence-corrected chi connectivity index (χ3v) is 2.65. The average Bonchev–Trinajstić information content (AvgIpc) is 2.58. The summed E-state index contributed by atoms with van der Waals surface area (Å²) in [5, 5.41) is 1.28. The summed E-state index contributed by atoms with van der Waals surface area (Å²) in [6.45, 7) is 0. The molecule has 1 heterocycles. The predicted octanol–water partition coefficient (Wildman–Crippen LogP) is 0.286. The molecule has 0 radical (unpaired) electrons. The molecule has 0 spiro atoms. The molecule has 0 aliphatic carbocycles. The lowest BCUT2D eigenvalue weighted by atomic mass is 10.3. The first-order valence-electron chi connectivity index (χ1n) is 4.89. The summed E-state index contributed by atoms with van der Waals surface area (Å²) in [5.41, 5.74) is 3.32. The van der Waals surface area contributed by atoms with Crippen molar-refractivity contribution in [2.75, 3.05) is 11.3 Å². The molecule has 1 fully saturated rings. The molecule has 1 aromatic carbocycles. The minimum Gasteiger partial charge on any atom is -0.277 e. The van der Waals surface area contributed by atoms with E-state index in [1.165, 1.54) is 5.01 Å². The number of carbonyl (C=O) groups is 1. The van der Waals surface area contributed by atoms with Crippen LogP contribution in [-0.2, 0) is 14.8 Å². The van der Waals surface area contributed by atoms with Crippen LogP contribution >= 0.6 is 0 Å². The highest BCUT2D eigenvalue weighted by Crippen LogP contribution is 2.16. The van der Waals surface area contributed by atoms with Crippen molar-refractivity contribution in [3.05, 3.63) is 30.3 Å². The molecule has 0 aromatic heterocycles. The van der Waals surface area contributed by atoms with Crippen molar-refractivity contribution in [1.82, 2.24) is 5.43 Å². The smallest absolute Gasteiger partial charge is 0.253 e.